The number of benzene rings is 1. The highest BCUT2D eigenvalue weighted by molar-refractivity contribution is 6.32. The Hall–Kier alpha value is -2.35. The van der Waals surface area contributed by atoms with Crippen LogP contribution in [0.4, 0.5) is 4.39 Å². The molecule has 1 aromatic carbocycles. The zero-order valence-electron chi connectivity index (χ0n) is 14.4. The fourth-order valence-electron chi connectivity index (χ4n) is 3.16. The van der Waals surface area contributed by atoms with Crippen LogP contribution in [0.1, 0.15) is 31.5 Å². The van der Waals surface area contributed by atoms with Crippen molar-refractivity contribution in [1.29, 1.82) is 0 Å². The Morgan fingerprint density at radius 2 is 2.15 bits per heavy atom. The van der Waals surface area contributed by atoms with Gasteiger partial charge in [0.1, 0.15) is 17.4 Å². The predicted octanol–water partition coefficient (Wildman–Crippen LogP) is 2.17. The molecule has 7 nitrogen and oxygen atoms in total. The van der Waals surface area contributed by atoms with E-state index in [1.165, 1.54) is 12.1 Å². The second kappa shape index (κ2) is 7.90. The molecule has 1 fully saturated rings. The van der Waals surface area contributed by atoms with Gasteiger partial charge in [0, 0.05) is 25.6 Å². The first kappa shape index (κ1) is 18.4. The van der Waals surface area contributed by atoms with E-state index in [1.54, 1.807) is 9.47 Å². The van der Waals surface area contributed by atoms with Crippen molar-refractivity contribution < 1.29 is 13.9 Å². The van der Waals surface area contributed by atoms with Crippen molar-refractivity contribution >= 4 is 17.5 Å². The third kappa shape index (κ3) is 3.90. The molecule has 1 N–H and O–H groups in total. The van der Waals surface area contributed by atoms with Crippen molar-refractivity contribution in [1.82, 2.24) is 19.7 Å². The molecule has 2 aromatic rings. The minimum absolute atomic E-state index is 0.132. The average molecular weight is 383 g/mol. The SMILES string of the molecule is CCn1c(C2CCN(C(=O)COc3ccc(F)cc3Cl)CC2)n[nH]c1=O. The number of aromatic amines is 1. The summed E-state index contributed by atoms with van der Waals surface area (Å²) in [6.45, 7) is 3.44. The maximum absolute atomic E-state index is 13.0. The number of amides is 1. The maximum Gasteiger partial charge on any atom is 0.343 e. The summed E-state index contributed by atoms with van der Waals surface area (Å²) in [6, 6.07) is 3.77. The number of H-pyrrole nitrogens is 1. The minimum Gasteiger partial charge on any atom is -0.482 e. The number of halogens is 2. The summed E-state index contributed by atoms with van der Waals surface area (Å²) >= 11 is 5.89. The van der Waals surface area contributed by atoms with Gasteiger partial charge in [-0.3, -0.25) is 9.36 Å². The highest BCUT2D eigenvalue weighted by Crippen LogP contribution is 2.27. The standard InChI is InChI=1S/C17H20ClFN4O3/c1-2-23-16(20-21-17(23)25)11-5-7-22(8-6-11)15(24)10-26-14-4-3-12(19)9-13(14)18/h3-4,9,11H,2,5-8,10H2,1H3,(H,21,25). The van der Waals surface area contributed by atoms with Crippen LogP contribution in [-0.4, -0.2) is 45.3 Å². The first-order valence-electron chi connectivity index (χ1n) is 8.50. The summed E-state index contributed by atoms with van der Waals surface area (Å²) in [6.07, 6.45) is 1.46. The lowest BCUT2D eigenvalue weighted by atomic mass is 9.96. The van der Waals surface area contributed by atoms with Crippen molar-refractivity contribution in [3.05, 3.63) is 45.3 Å². The van der Waals surface area contributed by atoms with E-state index in [0.717, 1.165) is 24.7 Å². The van der Waals surface area contributed by atoms with E-state index in [1.807, 2.05) is 6.92 Å². The molecule has 0 bridgehead atoms. The molecule has 3 rings (SSSR count). The molecule has 1 aromatic heterocycles. The molecule has 26 heavy (non-hydrogen) atoms. The van der Waals surface area contributed by atoms with Gasteiger partial charge in [-0.2, -0.15) is 5.10 Å². The van der Waals surface area contributed by atoms with Crippen LogP contribution in [0.2, 0.25) is 5.02 Å². The number of ether oxygens (including phenoxy) is 1. The molecule has 0 spiro atoms. The van der Waals surface area contributed by atoms with E-state index in [2.05, 4.69) is 10.2 Å². The van der Waals surface area contributed by atoms with E-state index in [4.69, 9.17) is 16.3 Å². The molecule has 9 heteroatoms. The van der Waals surface area contributed by atoms with Crippen molar-refractivity contribution in [2.24, 2.45) is 0 Å². The highest BCUT2D eigenvalue weighted by atomic mass is 35.5. The van der Waals surface area contributed by atoms with Gasteiger partial charge in [0.15, 0.2) is 6.61 Å². The molecule has 2 heterocycles. The van der Waals surface area contributed by atoms with Crippen molar-refractivity contribution in [3.63, 3.8) is 0 Å². The number of rotatable bonds is 5. The van der Waals surface area contributed by atoms with Crippen LogP contribution < -0.4 is 10.4 Å². The topological polar surface area (TPSA) is 80.2 Å². The minimum atomic E-state index is -0.459. The number of likely N-dealkylation sites (tertiary alicyclic amines) is 1. The number of nitrogens with one attached hydrogen (secondary N) is 1. The molecule has 1 amide bonds. The van der Waals surface area contributed by atoms with E-state index in [-0.39, 0.29) is 34.9 Å². The quantitative estimate of drug-likeness (QED) is 0.859. The van der Waals surface area contributed by atoms with Crippen molar-refractivity contribution in [2.45, 2.75) is 32.2 Å². The number of piperidine rings is 1. The largest absolute Gasteiger partial charge is 0.482 e. The van der Waals surface area contributed by atoms with E-state index >= 15 is 0 Å². The van der Waals surface area contributed by atoms with E-state index < -0.39 is 5.82 Å². The maximum atomic E-state index is 13.0. The molecule has 1 aliphatic rings. The highest BCUT2D eigenvalue weighted by Gasteiger charge is 2.27. The fourth-order valence-corrected chi connectivity index (χ4v) is 3.38. The summed E-state index contributed by atoms with van der Waals surface area (Å²) in [5.41, 5.74) is -0.203. The van der Waals surface area contributed by atoms with Crippen LogP contribution in [0, 0.1) is 5.82 Å². The number of carbonyl (C=O) groups is 1. The molecule has 0 saturated carbocycles. The van der Waals surface area contributed by atoms with Gasteiger partial charge in [0.25, 0.3) is 5.91 Å². The molecule has 0 aliphatic carbocycles. The Balaban J connectivity index is 1.54. The number of nitrogens with zero attached hydrogens (tertiary/aromatic N) is 3. The van der Waals surface area contributed by atoms with Gasteiger partial charge in [0.2, 0.25) is 0 Å². The van der Waals surface area contributed by atoms with Crippen LogP contribution in [0.25, 0.3) is 0 Å². The second-order valence-electron chi connectivity index (χ2n) is 6.15. The van der Waals surface area contributed by atoms with Crippen LogP contribution in [-0.2, 0) is 11.3 Å². The van der Waals surface area contributed by atoms with Gasteiger partial charge in [0.05, 0.1) is 5.02 Å². The molecule has 0 unspecified atom stereocenters. The molecule has 140 valence electrons. The van der Waals surface area contributed by atoms with Gasteiger partial charge in [-0.1, -0.05) is 11.6 Å². The van der Waals surface area contributed by atoms with Crippen molar-refractivity contribution in [3.8, 4) is 5.75 Å². The zero-order chi connectivity index (χ0) is 18.7. The van der Waals surface area contributed by atoms with E-state index in [9.17, 15) is 14.0 Å². The summed E-state index contributed by atoms with van der Waals surface area (Å²) in [7, 11) is 0. The number of aromatic nitrogens is 3. The molecule has 1 aliphatic heterocycles. The van der Waals surface area contributed by atoms with Gasteiger partial charge in [-0.25, -0.2) is 14.3 Å². The lowest BCUT2D eigenvalue weighted by Gasteiger charge is -2.31. The van der Waals surface area contributed by atoms with Gasteiger partial charge < -0.3 is 9.64 Å². The first-order valence-corrected chi connectivity index (χ1v) is 8.88. The molecular formula is C17H20ClFN4O3. The van der Waals surface area contributed by atoms with Crippen molar-refractivity contribution in [2.75, 3.05) is 19.7 Å². The second-order valence-corrected chi connectivity index (χ2v) is 6.56. The summed E-state index contributed by atoms with van der Waals surface area (Å²) in [5.74, 6) is 0.558. The monoisotopic (exact) mass is 382 g/mol. The van der Waals surface area contributed by atoms with E-state index in [0.29, 0.717) is 19.6 Å². The molecular weight excluding hydrogens is 363 g/mol. The Morgan fingerprint density at radius 3 is 2.81 bits per heavy atom. The van der Waals surface area contributed by atoms with Crippen LogP contribution in [0.3, 0.4) is 0 Å². The molecule has 0 atom stereocenters. The smallest absolute Gasteiger partial charge is 0.343 e. The Morgan fingerprint density at radius 1 is 1.42 bits per heavy atom. The number of carbonyl (C=O) groups excluding carboxylic acids is 1. The normalized spacial score (nSPS) is 15.3. The average Bonchev–Trinajstić information content (AvgIpc) is 3.01. The zero-order valence-corrected chi connectivity index (χ0v) is 15.1. The Bertz CT molecular complexity index is 843. The van der Waals surface area contributed by atoms with Crippen LogP contribution in [0.5, 0.6) is 5.75 Å². The number of hydrogen-bond donors (Lipinski definition) is 1. The summed E-state index contributed by atoms with van der Waals surface area (Å²) in [5, 5.41) is 6.74. The predicted molar refractivity (Wildman–Crippen MR) is 94.0 cm³/mol. The molecule has 0 radical (unpaired) electrons. The first-order chi connectivity index (χ1) is 12.5. The van der Waals surface area contributed by atoms with Crippen LogP contribution >= 0.6 is 11.6 Å². The fraction of sp³-hybridized carbons (Fsp3) is 0.471. The molecule has 1 saturated heterocycles. The summed E-state index contributed by atoms with van der Waals surface area (Å²) < 4.78 is 20.1. The third-order valence-electron chi connectivity index (χ3n) is 4.56. The van der Waals surface area contributed by atoms with Gasteiger partial charge in [-0.05, 0) is 38.0 Å². The van der Waals surface area contributed by atoms with Gasteiger partial charge in [-0.15, -0.1) is 0 Å². The Kier molecular flexibility index (Phi) is 5.61. The van der Waals surface area contributed by atoms with Gasteiger partial charge >= 0.3 is 5.69 Å². The lowest BCUT2D eigenvalue weighted by molar-refractivity contribution is -0.134. The lowest BCUT2D eigenvalue weighted by Crippen LogP contribution is -2.41. The Labute approximate surface area is 154 Å². The number of hydrogen-bond acceptors (Lipinski definition) is 4. The van der Waals surface area contributed by atoms with Crippen LogP contribution in [0.15, 0.2) is 23.0 Å². The third-order valence-corrected chi connectivity index (χ3v) is 4.86. The summed E-state index contributed by atoms with van der Waals surface area (Å²) in [4.78, 5) is 25.7.